The number of nitrogens with zero attached hydrogens (tertiary/aromatic N) is 1. The number of carboxylic acid groups (broad SMARTS) is 1. The zero-order chi connectivity index (χ0) is 12.4. The second-order valence-electron chi connectivity index (χ2n) is 4.70. The molecule has 2 atom stereocenters. The highest BCUT2D eigenvalue weighted by molar-refractivity contribution is 5.69. The standard InChI is InChI=1S/C13H16FNO2/c1-9-6-12(15(7-9)8-13(16)17)10-4-2-3-5-11(10)14/h2-5,9,12H,6-8H2,1H3,(H,16,17)/t9-,12-/m0/s1. The molecule has 3 nitrogen and oxygen atoms in total. The van der Waals surface area contributed by atoms with Crippen molar-refractivity contribution >= 4 is 5.97 Å². The number of rotatable bonds is 3. The SMILES string of the molecule is C[C@H]1C[C@@H](c2ccccc2F)N(CC(=O)O)C1. The average molecular weight is 237 g/mol. The van der Waals surface area contributed by atoms with Gasteiger partial charge in [0.1, 0.15) is 5.82 Å². The first-order chi connectivity index (χ1) is 8.08. The first-order valence-electron chi connectivity index (χ1n) is 5.78. The molecular formula is C13H16FNO2. The van der Waals surface area contributed by atoms with Gasteiger partial charge in [0.25, 0.3) is 0 Å². The molecule has 0 aromatic heterocycles. The molecule has 1 saturated heterocycles. The van der Waals surface area contributed by atoms with Crippen LogP contribution in [-0.2, 0) is 4.79 Å². The van der Waals surface area contributed by atoms with Gasteiger partial charge in [-0.05, 0) is 18.4 Å². The predicted molar refractivity (Wildman–Crippen MR) is 62.1 cm³/mol. The molecule has 1 aliphatic heterocycles. The third-order valence-electron chi connectivity index (χ3n) is 3.22. The zero-order valence-corrected chi connectivity index (χ0v) is 9.77. The summed E-state index contributed by atoms with van der Waals surface area (Å²) < 4.78 is 13.7. The molecule has 0 bridgehead atoms. The Kier molecular flexibility index (Phi) is 3.43. The average Bonchev–Trinajstić information content (AvgIpc) is 2.59. The number of likely N-dealkylation sites (tertiary alicyclic amines) is 1. The summed E-state index contributed by atoms with van der Waals surface area (Å²) in [6.07, 6.45) is 0.814. The Morgan fingerprint density at radius 1 is 1.53 bits per heavy atom. The number of benzene rings is 1. The maximum Gasteiger partial charge on any atom is 0.317 e. The van der Waals surface area contributed by atoms with Crippen molar-refractivity contribution in [3.8, 4) is 0 Å². The van der Waals surface area contributed by atoms with Gasteiger partial charge in [-0.2, -0.15) is 0 Å². The van der Waals surface area contributed by atoms with Gasteiger partial charge in [-0.15, -0.1) is 0 Å². The molecule has 0 saturated carbocycles. The van der Waals surface area contributed by atoms with Crippen LogP contribution in [0.4, 0.5) is 4.39 Å². The van der Waals surface area contributed by atoms with Crippen molar-refractivity contribution in [2.75, 3.05) is 13.1 Å². The molecule has 1 aromatic carbocycles. The summed E-state index contributed by atoms with van der Waals surface area (Å²) in [5.74, 6) is -0.707. The lowest BCUT2D eigenvalue weighted by Gasteiger charge is -2.23. The van der Waals surface area contributed by atoms with Crippen LogP contribution in [0.5, 0.6) is 0 Å². The molecule has 0 aliphatic carbocycles. The van der Waals surface area contributed by atoms with Crippen LogP contribution in [0, 0.1) is 11.7 Å². The van der Waals surface area contributed by atoms with Crippen LogP contribution < -0.4 is 0 Å². The summed E-state index contributed by atoms with van der Waals surface area (Å²) in [5.41, 5.74) is 0.609. The van der Waals surface area contributed by atoms with E-state index in [1.165, 1.54) is 6.07 Å². The number of aliphatic carboxylic acids is 1. The molecule has 0 unspecified atom stereocenters. The van der Waals surface area contributed by atoms with Crippen LogP contribution in [0.2, 0.25) is 0 Å². The molecule has 1 N–H and O–H groups in total. The van der Waals surface area contributed by atoms with Crippen molar-refractivity contribution in [1.29, 1.82) is 0 Å². The Morgan fingerprint density at radius 2 is 2.24 bits per heavy atom. The van der Waals surface area contributed by atoms with E-state index in [0.29, 0.717) is 18.0 Å². The topological polar surface area (TPSA) is 40.5 Å². The van der Waals surface area contributed by atoms with Gasteiger partial charge in [0.2, 0.25) is 0 Å². The van der Waals surface area contributed by atoms with Crippen LogP contribution in [0.15, 0.2) is 24.3 Å². The summed E-state index contributed by atoms with van der Waals surface area (Å²) in [7, 11) is 0. The molecule has 1 fully saturated rings. The monoisotopic (exact) mass is 237 g/mol. The van der Waals surface area contributed by atoms with E-state index in [1.807, 2.05) is 4.90 Å². The summed E-state index contributed by atoms with van der Waals surface area (Å²) in [6, 6.07) is 6.51. The fraction of sp³-hybridized carbons (Fsp3) is 0.462. The zero-order valence-electron chi connectivity index (χ0n) is 9.77. The van der Waals surface area contributed by atoms with Gasteiger partial charge in [0.15, 0.2) is 0 Å². The van der Waals surface area contributed by atoms with E-state index >= 15 is 0 Å². The van der Waals surface area contributed by atoms with Gasteiger partial charge in [0, 0.05) is 18.2 Å². The quantitative estimate of drug-likeness (QED) is 0.876. The highest BCUT2D eigenvalue weighted by Gasteiger charge is 2.33. The Hall–Kier alpha value is -1.42. The van der Waals surface area contributed by atoms with Crippen molar-refractivity contribution in [1.82, 2.24) is 4.90 Å². The molecule has 0 spiro atoms. The van der Waals surface area contributed by atoms with Crippen molar-refractivity contribution in [3.63, 3.8) is 0 Å². The van der Waals surface area contributed by atoms with Crippen molar-refractivity contribution in [3.05, 3.63) is 35.6 Å². The molecule has 92 valence electrons. The predicted octanol–water partition coefficient (Wildman–Crippen LogP) is 2.29. The normalized spacial score (nSPS) is 25.1. The number of hydrogen-bond donors (Lipinski definition) is 1. The van der Waals surface area contributed by atoms with E-state index in [1.54, 1.807) is 18.2 Å². The lowest BCUT2D eigenvalue weighted by atomic mass is 10.0. The molecule has 0 amide bonds. The van der Waals surface area contributed by atoms with E-state index in [-0.39, 0.29) is 18.4 Å². The van der Waals surface area contributed by atoms with Gasteiger partial charge in [-0.1, -0.05) is 25.1 Å². The van der Waals surface area contributed by atoms with Crippen LogP contribution in [-0.4, -0.2) is 29.1 Å². The molecule has 0 radical (unpaired) electrons. The van der Waals surface area contributed by atoms with E-state index in [0.717, 1.165) is 6.42 Å². The highest BCUT2D eigenvalue weighted by Crippen LogP contribution is 2.35. The number of carboxylic acids is 1. The Balaban J connectivity index is 2.24. The number of hydrogen-bond acceptors (Lipinski definition) is 2. The smallest absolute Gasteiger partial charge is 0.317 e. The second-order valence-corrected chi connectivity index (χ2v) is 4.70. The summed E-state index contributed by atoms with van der Waals surface area (Å²) >= 11 is 0. The maximum atomic E-state index is 13.7. The van der Waals surface area contributed by atoms with E-state index in [4.69, 9.17) is 5.11 Å². The third-order valence-corrected chi connectivity index (χ3v) is 3.22. The van der Waals surface area contributed by atoms with E-state index in [2.05, 4.69) is 6.92 Å². The molecular weight excluding hydrogens is 221 g/mol. The third kappa shape index (κ3) is 2.64. The molecule has 1 heterocycles. The van der Waals surface area contributed by atoms with Gasteiger partial charge < -0.3 is 5.11 Å². The Labute approximate surface area is 99.9 Å². The first-order valence-corrected chi connectivity index (χ1v) is 5.78. The second kappa shape index (κ2) is 4.84. The lowest BCUT2D eigenvalue weighted by molar-refractivity contribution is -0.138. The molecule has 2 rings (SSSR count). The van der Waals surface area contributed by atoms with Crippen LogP contribution in [0.25, 0.3) is 0 Å². The lowest BCUT2D eigenvalue weighted by Crippen LogP contribution is -2.30. The summed E-state index contributed by atoms with van der Waals surface area (Å²) in [4.78, 5) is 12.6. The van der Waals surface area contributed by atoms with Crippen LogP contribution in [0.1, 0.15) is 24.9 Å². The summed E-state index contributed by atoms with van der Waals surface area (Å²) in [5, 5.41) is 8.86. The minimum Gasteiger partial charge on any atom is -0.480 e. The van der Waals surface area contributed by atoms with E-state index < -0.39 is 5.97 Å². The minimum atomic E-state index is -0.861. The molecule has 1 aromatic rings. The number of halogens is 1. The van der Waals surface area contributed by atoms with Crippen molar-refractivity contribution in [2.45, 2.75) is 19.4 Å². The first kappa shape index (κ1) is 12.0. The van der Waals surface area contributed by atoms with Gasteiger partial charge in [-0.3, -0.25) is 9.69 Å². The molecule has 4 heteroatoms. The number of carbonyl (C=O) groups is 1. The highest BCUT2D eigenvalue weighted by atomic mass is 19.1. The van der Waals surface area contributed by atoms with Gasteiger partial charge in [-0.25, -0.2) is 4.39 Å². The molecule has 17 heavy (non-hydrogen) atoms. The van der Waals surface area contributed by atoms with Crippen LogP contribution in [0.3, 0.4) is 0 Å². The Morgan fingerprint density at radius 3 is 2.88 bits per heavy atom. The van der Waals surface area contributed by atoms with E-state index in [9.17, 15) is 9.18 Å². The van der Waals surface area contributed by atoms with Crippen molar-refractivity contribution < 1.29 is 14.3 Å². The maximum absolute atomic E-state index is 13.7. The van der Waals surface area contributed by atoms with Crippen LogP contribution >= 0.6 is 0 Å². The van der Waals surface area contributed by atoms with Gasteiger partial charge >= 0.3 is 5.97 Å². The van der Waals surface area contributed by atoms with Gasteiger partial charge in [0.05, 0.1) is 6.54 Å². The Bertz CT molecular complexity index is 422. The van der Waals surface area contributed by atoms with Crippen molar-refractivity contribution in [2.24, 2.45) is 5.92 Å². The fourth-order valence-electron chi connectivity index (χ4n) is 2.55. The largest absolute Gasteiger partial charge is 0.480 e. The minimum absolute atomic E-state index is 0.0245. The fourth-order valence-corrected chi connectivity index (χ4v) is 2.55. The summed E-state index contributed by atoms with van der Waals surface area (Å²) in [6.45, 7) is 2.75. The molecule has 1 aliphatic rings.